The molecule has 0 saturated carbocycles. The van der Waals surface area contributed by atoms with Crippen LogP contribution in [0.15, 0.2) is 35.4 Å². The maximum atomic E-state index is 12.0. The summed E-state index contributed by atoms with van der Waals surface area (Å²) in [6.45, 7) is 2.23. The zero-order valence-electron chi connectivity index (χ0n) is 9.75. The Morgan fingerprint density at radius 1 is 1.39 bits per heavy atom. The Balaban J connectivity index is 2.16. The second kappa shape index (κ2) is 5.05. The van der Waals surface area contributed by atoms with Gasteiger partial charge in [0, 0.05) is 22.5 Å². The minimum Gasteiger partial charge on any atom is -0.383 e. The first-order valence-electron chi connectivity index (χ1n) is 5.24. The predicted octanol–water partition coefficient (Wildman–Crippen LogP) is 1.51. The average Bonchev–Trinajstić information content (AvgIpc) is 2.73. The van der Waals surface area contributed by atoms with Gasteiger partial charge in [0.25, 0.3) is 0 Å². The van der Waals surface area contributed by atoms with E-state index in [1.165, 1.54) is 12.3 Å². The van der Waals surface area contributed by atoms with Crippen molar-refractivity contribution in [1.29, 1.82) is 0 Å². The Bertz CT molecular complexity index is 650. The van der Waals surface area contributed by atoms with E-state index in [4.69, 9.17) is 5.73 Å². The predicted molar refractivity (Wildman–Crippen MR) is 71.7 cm³/mol. The number of hydrogen-bond acceptors (Lipinski definition) is 5. The molecule has 2 aromatic rings. The zero-order valence-corrected chi connectivity index (χ0v) is 11.4. The van der Waals surface area contributed by atoms with Gasteiger partial charge in [0.2, 0.25) is 10.0 Å². The van der Waals surface area contributed by atoms with E-state index in [9.17, 15) is 8.42 Å². The van der Waals surface area contributed by atoms with Crippen molar-refractivity contribution < 1.29 is 8.42 Å². The number of aromatic nitrogens is 1. The number of nitrogen functional groups attached to an aromatic ring is 1. The van der Waals surface area contributed by atoms with E-state index in [-0.39, 0.29) is 17.3 Å². The Morgan fingerprint density at radius 2 is 2.17 bits per heavy atom. The number of pyridine rings is 1. The molecule has 0 atom stereocenters. The number of rotatable bonds is 4. The summed E-state index contributed by atoms with van der Waals surface area (Å²) < 4.78 is 26.5. The van der Waals surface area contributed by atoms with Crippen LogP contribution in [0.3, 0.4) is 0 Å². The Kier molecular flexibility index (Phi) is 3.65. The van der Waals surface area contributed by atoms with Gasteiger partial charge in [-0.3, -0.25) is 0 Å². The smallest absolute Gasteiger partial charge is 0.244 e. The van der Waals surface area contributed by atoms with Gasteiger partial charge >= 0.3 is 0 Å². The van der Waals surface area contributed by atoms with Crippen molar-refractivity contribution in [3.63, 3.8) is 0 Å². The second-order valence-corrected chi connectivity index (χ2v) is 6.83. The molecule has 0 saturated heterocycles. The zero-order chi connectivity index (χ0) is 13.2. The number of sulfonamides is 1. The fourth-order valence-corrected chi connectivity index (χ4v) is 3.46. The summed E-state index contributed by atoms with van der Waals surface area (Å²) in [5.41, 5.74) is 5.55. The highest BCUT2D eigenvalue weighted by atomic mass is 32.2. The highest BCUT2D eigenvalue weighted by Crippen LogP contribution is 2.17. The van der Waals surface area contributed by atoms with Gasteiger partial charge in [0.05, 0.1) is 0 Å². The molecule has 0 amide bonds. The fourth-order valence-electron chi connectivity index (χ4n) is 1.45. The van der Waals surface area contributed by atoms with Crippen molar-refractivity contribution in [2.24, 2.45) is 0 Å². The monoisotopic (exact) mass is 283 g/mol. The van der Waals surface area contributed by atoms with Crippen LogP contribution in [0.1, 0.15) is 9.75 Å². The lowest BCUT2D eigenvalue weighted by atomic mass is 10.4. The SMILES string of the molecule is Cc1ccc(CNS(=O)(=O)c2cccnc2N)s1. The minimum atomic E-state index is -3.61. The third-order valence-corrected chi connectivity index (χ3v) is 4.77. The van der Waals surface area contributed by atoms with Crippen LogP contribution in [0, 0.1) is 6.92 Å². The minimum absolute atomic E-state index is 0.00681. The topological polar surface area (TPSA) is 85.1 Å². The summed E-state index contributed by atoms with van der Waals surface area (Å²) in [4.78, 5) is 5.88. The molecule has 0 spiro atoms. The molecular weight excluding hydrogens is 270 g/mol. The van der Waals surface area contributed by atoms with Crippen molar-refractivity contribution in [3.8, 4) is 0 Å². The van der Waals surface area contributed by atoms with E-state index < -0.39 is 10.0 Å². The fraction of sp³-hybridized carbons (Fsp3) is 0.182. The summed E-state index contributed by atoms with van der Waals surface area (Å²) in [5, 5.41) is 0. The first-order valence-corrected chi connectivity index (χ1v) is 7.54. The average molecular weight is 283 g/mol. The molecule has 18 heavy (non-hydrogen) atoms. The van der Waals surface area contributed by atoms with Crippen LogP contribution in [-0.2, 0) is 16.6 Å². The van der Waals surface area contributed by atoms with Gasteiger partial charge in [-0.15, -0.1) is 11.3 Å². The van der Waals surface area contributed by atoms with E-state index in [1.807, 2.05) is 19.1 Å². The van der Waals surface area contributed by atoms with Crippen molar-refractivity contribution in [2.45, 2.75) is 18.4 Å². The van der Waals surface area contributed by atoms with Crippen LogP contribution in [-0.4, -0.2) is 13.4 Å². The molecule has 7 heteroatoms. The lowest BCUT2D eigenvalue weighted by molar-refractivity contribution is 0.582. The van der Waals surface area contributed by atoms with Crippen LogP contribution in [0.2, 0.25) is 0 Å². The second-order valence-electron chi connectivity index (χ2n) is 3.72. The molecule has 3 N–H and O–H groups in total. The van der Waals surface area contributed by atoms with Crippen molar-refractivity contribution >= 4 is 27.2 Å². The van der Waals surface area contributed by atoms with E-state index >= 15 is 0 Å². The standard InChI is InChI=1S/C11H13N3O2S2/c1-8-4-5-9(17-8)7-14-18(15,16)10-3-2-6-13-11(10)12/h2-6,14H,7H2,1H3,(H2,12,13). The van der Waals surface area contributed by atoms with Crippen LogP contribution >= 0.6 is 11.3 Å². The van der Waals surface area contributed by atoms with Gasteiger partial charge in [0.15, 0.2) is 0 Å². The lowest BCUT2D eigenvalue weighted by Crippen LogP contribution is -2.24. The number of nitrogens with zero attached hydrogens (tertiary/aromatic N) is 1. The van der Waals surface area contributed by atoms with Crippen molar-refractivity contribution in [1.82, 2.24) is 9.71 Å². The van der Waals surface area contributed by atoms with Gasteiger partial charge in [-0.2, -0.15) is 0 Å². The highest BCUT2D eigenvalue weighted by Gasteiger charge is 2.17. The first kappa shape index (κ1) is 13.0. The Hall–Kier alpha value is -1.44. The number of nitrogens with one attached hydrogen (secondary N) is 1. The molecule has 0 bridgehead atoms. The molecule has 0 aromatic carbocycles. The molecule has 0 fully saturated rings. The molecular formula is C11H13N3O2S2. The normalized spacial score (nSPS) is 11.6. The van der Waals surface area contributed by atoms with E-state index in [2.05, 4.69) is 9.71 Å². The Labute approximate surface area is 110 Å². The first-order chi connectivity index (χ1) is 8.49. The van der Waals surface area contributed by atoms with Gasteiger partial charge in [-0.05, 0) is 31.2 Å². The summed E-state index contributed by atoms with van der Waals surface area (Å²) in [6, 6.07) is 6.83. The maximum Gasteiger partial charge on any atom is 0.244 e. The van der Waals surface area contributed by atoms with Crippen molar-refractivity contribution in [2.75, 3.05) is 5.73 Å². The number of thiophene rings is 1. The molecule has 0 aliphatic carbocycles. The Morgan fingerprint density at radius 3 is 2.78 bits per heavy atom. The molecule has 2 aromatic heterocycles. The van der Waals surface area contributed by atoms with Crippen molar-refractivity contribution in [3.05, 3.63) is 40.2 Å². The lowest BCUT2D eigenvalue weighted by Gasteiger charge is -2.07. The van der Waals surface area contributed by atoms with Crippen LogP contribution in [0.5, 0.6) is 0 Å². The van der Waals surface area contributed by atoms with Gasteiger partial charge in [-0.1, -0.05) is 0 Å². The van der Waals surface area contributed by atoms with E-state index in [0.717, 1.165) is 9.75 Å². The third-order valence-electron chi connectivity index (χ3n) is 2.32. The van der Waals surface area contributed by atoms with Crippen LogP contribution in [0.25, 0.3) is 0 Å². The molecule has 0 aliphatic rings. The molecule has 0 aliphatic heterocycles. The van der Waals surface area contributed by atoms with Gasteiger partial charge < -0.3 is 5.73 Å². The quantitative estimate of drug-likeness (QED) is 0.890. The number of anilines is 1. The van der Waals surface area contributed by atoms with E-state index in [1.54, 1.807) is 17.4 Å². The summed E-state index contributed by atoms with van der Waals surface area (Å²) in [5.74, 6) is 0.00681. The molecule has 5 nitrogen and oxygen atoms in total. The number of hydrogen-bond donors (Lipinski definition) is 2. The molecule has 96 valence electrons. The molecule has 0 radical (unpaired) electrons. The van der Waals surface area contributed by atoms with E-state index in [0.29, 0.717) is 0 Å². The van der Waals surface area contributed by atoms with Gasteiger partial charge in [0.1, 0.15) is 10.7 Å². The summed E-state index contributed by atoms with van der Waals surface area (Å²) in [6.07, 6.45) is 1.46. The van der Waals surface area contributed by atoms with Gasteiger partial charge in [-0.25, -0.2) is 18.1 Å². The van der Waals surface area contributed by atoms with Crippen LogP contribution < -0.4 is 10.5 Å². The van der Waals surface area contributed by atoms with Crippen LogP contribution in [0.4, 0.5) is 5.82 Å². The highest BCUT2D eigenvalue weighted by molar-refractivity contribution is 7.89. The summed E-state index contributed by atoms with van der Waals surface area (Å²) >= 11 is 1.55. The summed E-state index contributed by atoms with van der Waals surface area (Å²) in [7, 11) is -3.61. The number of aryl methyl sites for hydroxylation is 1. The largest absolute Gasteiger partial charge is 0.383 e. The molecule has 2 heterocycles. The number of nitrogens with two attached hydrogens (primary N) is 1. The third kappa shape index (κ3) is 2.87. The molecule has 2 rings (SSSR count). The maximum absolute atomic E-state index is 12.0. The molecule has 0 unspecified atom stereocenters.